The van der Waals surface area contributed by atoms with E-state index in [9.17, 15) is 14.0 Å². The maximum Gasteiger partial charge on any atom is 0.255 e. The molecular weight excluding hydrogens is 385 g/mol. The van der Waals surface area contributed by atoms with Crippen LogP contribution in [0.3, 0.4) is 0 Å². The van der Waals surface area contributed by atoms with Crippen molar-refractivity contribution < 1.29 is 14.0 Å². The van der Waals surface area contributed by atoms with Gasteiger partial charge in [-0.1, -0.05) is 29.5 Å². The molecule has 30 heavy (non-hydrogen) atoms. The Labute approximate surface area is 171 Å². The van der Waals surface area contributed by atoms with Crippen LogP contribution in [-0.4, -0.2) is 26.8 Å². The average Bonchev–Trinajstić information content (AvgIpc) is 3.13. The molecule has 4 aromatic rings. The van der Waals surface area contributed by atoms with E-state index < -0.39 is 11.7 Å². The summed E-state index contributed by atoms with van der Waals surface area (Å²) in [7, 11) is 0. The molecule has 3 aromatic carbocycles. The highest BCUT2D eigenvalue weighted by Crippen LogP contribution is 2.21. The van der Waals surface area contributed by atoms with Gasteiger partial charge in [0.25, 0.3) is 5.91 Å². The van der Waals surface area contributed by atoms with Gasteiger partial charge in [-0.2, -0.15) is 0 Å². The van der Waals surface area contributed by atoms with Gasteiger partial charge in [-0.3, -0.25) is 9.59 Å². The van der Waals surface area contributed by atoms with Crippen molar-refractivity contribution in [3.05, 3.63) is 83.7 Å². The van der Waals surface area contributed by atoms with Crippen LogP contribution in [0.5, 0.6) is 0 Å². The zero-order chi connectivity index (χ0) is 21.1. The van der Waals surface area contributed by atoms with E-state index in [1.807, 2.05) is 36.4 Å². The van der Waals surface area contributed by atoms with Crippen LogP contribution in [0.1, 0.15) is 22.8 Å². The predicted molar refractivity (Wildman–Crippen MR) is 112 cm³/mol. The monoisotopic (exact) mass is 403 g/mol. The number of carbonyl (C=O) groups excluding carboxylic acids is 2. The van der Waals surface area contributed by atoms with Crippen LogP contribution >= 0.6 is 0 Å². The lowest BCUT2D eigenvalue weighted by Crippen LogP contribution is -2.14. The molecule has 2 amide bonds. The van der Waals surface area contributed by atoms with Crippen LogP contribution in [0, 0.1) is 5.82 Å². The fourth-order valence-electron chi connectivity index (χ4n) is 3.07. The second kappa shape index (κ2) is 8.12. The topological polar surface area (TPSA) is 88.9 Å². The standard InChI is InChI=1S/C22H18FN5O2/c1-14(29)24-17-10-11-18(23)20(12-17)25-22(30)16-8-6-15(7-9-16)13-28-21-5-3-2-4-19(21)26-27-28/h2-12H,13H2,1H3,(H,24,29)(H,25,30). The second-order valence-electron chi connectivity index (χ2n) is 6.76. The summed E-state index contributed by atoms with van der Waals surface area (Å²) in [6.45, 7) is 1.86. The first-order valence-electron chi connectivity index (χ1n) is 9.25. The van der Waals surface area contributed by atoms with Gasteiger partial charge in [-0.15, -0.1) is 5.10 Å². The third kappa shape index (κ3) is 4.17. The summed E-state index contributed by atoms with van der Waals surface area (Å²) in [6.07, 6.45) is 0. The molecule has 0 saturated carbocycles. The maximum atomic E-state index is 14.0. The molecule has 0 saturated heterocycles. The van der Waals surface area contributed by atoms with E-state index in [4.69, 9.17) is 0 Å². The number of rotatable bonds is 5. The molecule has 0 unspecified atom stereocenters. The van der Waals surface area contributed by atoms with Crippen molar-refractivity contribution in [1.82, 2.24) is 15.0 Å². The van der Waals surface area contributed by atoms with Gasteiger partial charge in [0.1, 0.15) is 11.3 Å². The normalized spacial score (nSPS) is 10.7. The lowest BCUT2D eigenvalue weighted by atomic mass is 10.1. The largest absolute Gasteiger partial charge is 0.326 e. The number of nitrogens with zero attached hydrogens (tertiary/aromatic N) is 3. The van der Waals surface area contributed by atoms with E-state index in [0.29, 0.717) is 17.8 Å². The molecule has 0 bridgehead atoms. The first-order chi connectivity index (χ1) is 14.5. The maximum absolute atomic E-state index is 14.0. The third-order valence-corrected chi connectivity index (χ3v) is 4.50. The van der Waals surface area contributed by atoms with Gasteiger partial charge in [0.15, 0.2) is 0 Å². The number of aromatic nitrogens is 3. The number of nitrogens with one attached hydrogen (secondary N) is 2. The number of hydrogen-bond donors (Lipinski definition) is 2. The molecule has 1 aromatic heterocycles. The number of benzene rings is 3. The second-order valence-corrected chi connectivity index (χ2v) is 6.76. The van der Waals surface area contributed by atoms with Crippen LogP contribution in [0.25, 0.3) is 11.0 Å². The summed E-state index contributed by atoms with van der Waals surface area (Å²) >= 11 is 0. The zero-order valence-corrected chi connectivity index (χ0v) is 16.1. The van der Waals surface area contributed by atoms with Crippen molar-refractivity contribution in [1.29, 1.82) is 0 Å². The smallest absolute Gasteiger partial charge is 0.255 e. The van der Waals surface area contributed by atoms with Crippen molar-refractivity contribution in [2.75, 3.05) is 10.6 Å². The molecule has 0 radical (unpaired) electrons. The van der Waals surface area contributed by atoms with Gasteiger partial charge in [0.2, 0.25) is 5.91 Å². The molecule has 7 nitrogen and oxygen atoms in total. The highest BCUT2D eigenvalue weighted by Gasteiger charge is 2.11. The number of hydrogen-bond acceptors (Lipinski definition) is 4. The molecule has 8 heteroatoms. The van der Waals surface area contributed by atoms with Crippen LogP contribution in [-0.2, 0) is 11.3 Å². The number of para-hydroxylation sites is 1. The molecule has 0 aliphatic rings. The highest BCUT2D eigenvalue weighted by molar-refractivity contribution is 6.04. The summed E-state index contributed by atoms with van der Waals surface area (Å²) < 4.78 is 15.8. The number of amides is 2. The van der Waals surface area contributed by atoms with Crippen molar-refractivity contribution in [3.63, 3.8) is 0 Å². The Morgan fingerprint density at radius 2 is 1.77 bits per heavy atom. The number of halogens is 1. The van der Waals surface area contributed by atoms with E-state index in [0.717, 1.165) is 16.6 Å². The van der Waals surface area contributed by atoms with Crippen molar-refractivity contribution in [2.24, 2.45) is 0 Å². The Bertz CT molecular complexity index is 1230. The summed E-state index contributed by atoms with van der Waals surface area (Å²) in [5.41, 5.74) is 3.46. The Kier molecular flexibility index (Phi) is 5.21. The SMILES string of the molecule is CC(=O)Nc1ccc(F)c(NC(=O)c2ccc(Cn3nnc4ccccc43)cc2)c1. The fraction of sp³-hybridized carbons (Fsp3) is 0.0909. The Morgan fingerprint density at radius 1 is 1.00 bits per heavy atom. The average molecular weight is 403 g/mol. The molecule has 4 rings (SSSR count). The minimum absolute atomic E-state index is 0.00980. The first-order valence-corrected chi connectivity index (χ1v) is 9.25. The predicted octanol–water partition coefficient (Wildman–Crippen LogP) is 3.83. The van der Waals surface area contributed by atoms with Crippen LogP contribution in [0.2, 0.25) is 0 Å². The molecule has 0 aliphatic carbocycles. The van der Waals surface area contributed by atoms with E-state index in [1.54, 1.807) is 16.8 Å². The fourth-order valence-corrected chi connectivity index (χ4v) is 3.07. The number of anilines is 2. The van der Waals surface area contributed by atoms with Gasteiger partial charge in [0.05, 0.1) is 17.7 Å². The van der Waals surface area contributed by atoms with Crippen molar-refractivity contribution >= 4 is 34.2 Å². The van der Waals surface area contributed by atoms with Crippen molar-refractivity contribution in [3.8, 4) is 0 Å². The summed E-state index contributed by atoms with van der Waals surface area (Å²) in [5.74, 6) is -1.33. The van der Waals surface area contributed by atoms with Crippen molar-refractivity contribution in [2.45, 2.75) is 13.5 Å². The molecule has 0 aliphatic heterocycles. The van der Waals surface area contributed by atoms with Crippen LogP contribution < -0.4 is 10.6 Å². The Hall–Kier alpha value is -4.07. The van der Waals surface area contributed by atoms with Crippen LogP contribution in [0.4, 0.5) is 15.8 Å². The molecule has 0 atom stereocenters. The molecule has 150 valence electrons. The Balaban J connectivity index is 1.47. The molecule has 0 spiro atoms. The summed E-state index contributed by atoms with van der Waals surface area (Å²) in [4.78, 5) is 23.7. The quantitative estimate of drug-likeness (QED) is 0.530. The molecule has 2 N–H and O–H groups in total. The summed E-state index contributed by atoms with van der Waals surface area (Å²) in [5, 5.41) is 13.4. The van der Waals surface area contributed by atoms with Gasteiger partial charge in [0, 0.05) is 18.2 Å². The van der Waals surface area contributed by atoms with Crippen LogP contribution in [0.15, 0.2) is 66.7 Å². The lowest BCUT2D eigenvalue weighted by Gasteiger charge is -2.10. The molecule has 1 heterocycles. The first kappa shape index (κ1) is 19.3. The molecule has 0 fully saturated rings. The lowest BCUT2D eigenvalue weighted by molar-refractivity contribution is -0.114. The van der Waals surface area contributed by atoms with Gasteiger partial charge in [-0.25, -0.2) is 9.07 Å². The van der Waals surface area contributed by atoms with E-state index in [1.165, 1.54) is 25.1 Å². The zero-order valence-electron chi connectivity index (χ0n) is 16.1. The van der Waals surface area contributed by atoms with E-state index in [-0.39, 0.29) is 11.6 Å². The van der Waals surface area contributed by atoms with E-state index in [2.05, 4.69) is 20.9 Å². The van der Waals surface area contributed by atoms with Gasteiger partial charge < -0.3 is 10.6 Å². The Morgan fingerprint density at radius 3 is 2.53 bits per heavy atom. The minimum atomic E-state index is -0.591. The minimum Gasteiger partial charge on any atom is -0.326 e. The number of fused-ring (bicyclic) bond motifs is 1. The highest BCUT2D eigenvalue weighted by atomic mass is 19.1. The molecular formula is C22H18FN5O2. The third-order valence-electron chi connectivity index (χ3n) is 4.50. The van der Waals surface area contributed by atoms with Gasteiger partial charge in [-0.05, 0) is 48.0 Å². The van der Waals surface area contributed by atoms with E-state index >= 15 is 0 Å². The summed E-state index contributed by atoms with van der Waals surface area (Å²) in [6, 6.07) is 18.6. The number of carbonyl (C=O) groups is 2. The van der Waals surface area contributed by atoms with Gasteiger partial charge >= 0.3 is 0 Å².